The first-order chi connectivity index (χ1) is 12.4. The van der Waals surface area contributed by atoms with E-state index in [9.17, 15) is 9.59 Å². The minimum atomic E-state index is -0.651. The number of halogens is 2. The van der Waals surface area contributed by atoms with Crippen LogP contribution in [0.4, 0.5) is 5.82 Å². The number of aromatic nitrogens is 1. The van der Waals surface area contributed by atoms with Gasteiger partial charge in [0.15, 0.2) is 18.1 Å². The molecule has 26 heavy (non-hydrogen) atoms. The normalized spacial score (nSPS) is 10.3. The third-order valence-electron chi connectivity index (χ3n) is 3.38. The van der Waals surface area contributed by atoms with Crippen LogP contribution in [-0.2, 0) is 4.79 Å². The maximum Gasteiger partial charge on any atom is 0.259 e. The smallest absolute Gasteiger partial charge is 0.259 e. The number of methoxy groups -OCH3 is 1. The molecule has 0 saturated heterocycles. The third-order valence-corrected chi connectivity index (χ3v) is 4.13. The van der Waals surface area contributed by atoms with Crippen LogP contribution in [0.3, 0.4) is 0 Å². The fourth-order valence-corrected chi connectivity index (χ4v) is 2.72. The molecular formula is C17H17BrClN3O4. The molecule has 0 unspecified atom stereocenters. The molecule has 138 valence electrons. The highest BCUT2D eigenvalue weighted by Crippen LogP contribution is 2.37. The van der Waals surface area contributed by atoms with Crippen LogP contribution in [0.5, 0.6) is 11.5 Å². The first-order valence-electron chi connectivity index (χ1n) is 7.59. The van der Waals surface area contributed by atoms with Crippen LogP contribution in [0.15, 0.2) is 34.9 Å². The number of rotatable bonds is 7. The first-order valence-corrected chi connectivity index (χ1v) is 8.76. The van der Waals surface area contributed by atoms with Crippen molar-refractivity contribution in [2.24, 2.45) is 5.73 Å². The van der Waals surface area contributed by atoms with E-state index < -0.39 is 5.91 Å². The van der Waals surface area contributed by atoms with Gasteiger partial charge in [0.1, 0.15) is 5.82 Å². The Morgan fingerprint density at radius 1 is 1.35 bits per heavy atom. The predicted molar refractivity (Wildman–Crippen MR) is 102 cm³/mol. The van der Waals surface area contributed by atoms with Crippen LogP contribution in [0, 0.1) is 0 Å². The van der Waals surface area contributed by atoms with E-state index in [4.69, 9.17) is 26.8 Å². The number of hydrogen-bond acceptors (Lipinski definition) is 5. The van der Waals surface area contributed by atoms with Gasteiger partial charge in [-0.3, -0.25) is 14.5 Å². The first kappa shape index (κ1) is 20.0. The molecule has 1 aromatic carbocycles. The van der Waals surface area contributed by atoms with Crippen molar-refractivity contribution in [2.45, 2.75) is 6.92 Å². The van der Waals surface area contributed by atoms with Crippen LogP contribution in [0.1, 0.15) is 17.3 Å². The Morgan fingerprint density at radius 3 is 2.62 bits per heavy atom. The summed E-state index contributed by atoms with van der Waals surface area (Å²) in [4.78, 5) is 29.6. The quantitative estimate of drug-likeness (QED) is 0.711. The number of pyridine rings is 1. The van der Waals surface area contributed by atoms with Crippen LogP contribution < -0.4 is 20.1 Å². The number of carbonyl (C=O) groups is 2. The lowest BCUT2D eigenvalue weighted by Crippen LogP contribution is -2.31. The summed E-state index contributed by atoms with van der Waals surface area (Å²) in [6.07, 6.45) is 1.61. The summed E-state index contributed by atoms with van der Waals surface area (Å²) in [6, 6.07) is 6.47. The molecule has 0 fully saturated rings. The van der Waals surface area contributed by atoms with Crippen molar-refractivity contribution in [1.29, 1.82) is 0 Å². The van der Waals surface area contributed by atoms with Gasteiger partial charge in [-0.15, -0.1) is 0 Å². The third kappa shape index (κ3) is 4.64. The van der Waals surface area contributed by atoms with Crippen LogP contribution in [-0.4, -0.2) is 37.1 Å². The number of benzene rings is 1. The maximum atomic E-state index is 12.9. The van der Waals surface area contributed by atoms with E-state index in [-0.39, 0.29) is 29.0 Å². The van der Waals surface area contributed by atoms with Crippen molar-refractivity contribution < 1.29 is 19.1 Å². The topological polar surface area (TPSA) is 94.8 Å². The second-order valence-electron chi connectivity index (χ2n) is 5.13. The molecule has 1 heterocycles. The molecular weight excluding hydrogens is 426 g/mol. The van der Waals surface area contributed by atoms with Crippen molar-refractivity contribution in [2.75, 3.05) is 25.2 Å². The summed E-state index contributed by atoms with van der Waals surface area (Å²) < 4.78 is 11.3. The summed E-state index contributed by atoms with van der Waals surface area (Å²) in [7, 11) is 1.41. The molecule has 2 amide bonds. The maximum absolute atomic E-state index is 12.9. The lowest BCUT2D eigenvalue weighted by atomic mass is 10.1. The van der Waals surface area contributed by atoms with Crippen molar-refractivity contribution in [3.63, 3.8) is 0 Å². The van der Waals surface area contributed by atoms with Crippen LogP contribution >= 0.6 is 27.5 Å². The van der Waals surface area contributed by atoms with Gasteiger partial charge in [-0.1, -0.05) is 11.6 Å². The molecule has 0 bridgehead atoms. The van der Waals surface area contributed by atoms with E-state index >= 15 is 0 Å². The van der Waals surface area contributed by atoms with Crippen LogP contribution in [0.25, 0.3) is 0 Å². The standard InChI is InChI=1S/C17H17BrClN3O4/c1-3-22(15-5-4-11(18)8-21-15)17(24)10-6-12(19)16(13(7-10)25-2)26-9-14(20)23/h4-8H,3,9H2,1-2H3,(H2,20,23). The van der Waals surface area contributed by atoms with Gasteiger partial charge in [-0.2, -0.15) is 0 Å². The van der Waals surface area contributed by atoms with E-state index in [1.165, 1.54) is 24.1 Å². The Labute approximate surface area is 164 Å². The molecule has 7 nitrogen and oxygen atoms in total. The number of nitrogens with zero attached hydrogens (tertiary/aromatic N) is 2. The zero-order valence-corrected chi connectivity index (χ0v) is 16.5. The fourth-order valence-electron chi connectivity index (χ4n) is 2.22. The Hall–Kier alpha value is -2.32. The van der Waals surface area contributed by atoms with E-state index in [1.807, 2.05) is 6.92 Å². The summed E-state index contributed by atoms with van der Waals surface area (Å²) in [6.45, 7) is 1.89. The Kier molecular flexibility index (Phi) is 6.82. The molecule has 9 heteroatoms. The Balaban J connectivity index is 2.36. The zero-order valence-electron chi connectivity index (χ0n) is 14.2. The second kappa shape index (κ2) is 8.86. The Morgan fingerprint density at radius 2 is 2.08 bits per heavy atom. The molecule has 2 rings (SSSR count). The molecule has 1 aromatic heterocycles. The largest absolute Gasteiger partial charge is 0.493 e. The number of amides is 2. The van der Waals surface area contributed by atoms with Gasteiger partial charge >= 0.3 is 0 Å². The average molecular weight is 443 g/mol. The van der Waals surface area contributed by atoms with Gasteiger partial charge in [-0.25, -0.2) is 4.98 Å². The molecule has 0 saturated carbocycles. The van der Waals surface area contributed by atoms with Gasteiger partial charge in [0.05, 0.1) is 12.1 Å². The van der Waals surface area contributed by atoms with E-state index in [2.05, 4.69) is 20.9 Å². The summed E-state index contributed by atoms with van der Waals surface area (Å²) in [5.41, 5.74) is 5.37. The molecule has 0 aliphatic rings. The SMILES string of the molecule is CCN(C(=O)c1cc(Cl)c(OCC(N)=O)c(OC)c1)c1ccc(Br)cn1. The molecule has 0 aliphatic heterocycles. The number of hydrogen-bond donors (Lipinski definition) is 1. The molecule has 0 atom stereocenters. The lowest BCUT2D eigenvalue weighted by Gasteiger charge is -2.21. The minimum absolute atomic E-state index is 0.133. The number of ether oxygens (including phenoxy) is 2. The highest BCUT2D eigenvalue weighted by molar-refractivity contribution is 9.10. The van der Waals surface area contributed by atoms with Gasteiger partial charge in [0, 0.05) is 22.8 Å². The number of nitrogens with two attached hydrogens (primary N) is 1. The van der Waals surface area contributed by atoms with E-state index in [1.54, 1.807) is 18.3 Å². The monoisotopic (exact) mass is 441 g/mol. The highest BCUT2D eigenvalue weighted by Gasteiger charge is 2.21. The number of primary amides is 1. The van der Waals surface area contributed by atoms with Crippen molar-refractivity contribution in [3.05, 3.63) is 45.5 Å². The lowest BCUT2D eigenvalue weighted by molar-refractivity contribution is -0.119. The molecule has 0 radical (unpaired) electrons. The summed E-state index contributed by atoms with van der Waals surface area (Å²) in [5.74, 6) is -0.0770. The second-order valence-corrected chi connectivity index (χ2v) is 6.45. The van der Waals surface area contributed by atoms with E-state index in [0.29, 0.717) is 17.9 Å². The van der Waals surface area contributed by atoms with Gasteiger partial charge < -0.3 is 15.2 Å². The molecule has 2 N–H and O–H groups in total. The molecule has 0 aliphatic carbocycles. The Bertz CT molecular complexity index is 814. The number of anilines is 1. The average Bonchev–Trinajstić information content (AvgIpc) is 2.61. The van der Waals surface area contributed by atoms with Crippen molar-refractivity contribution in [1.82, 2.24) is 4.98 Å². The molecule has 2 aromatic rings. The summed E-state index contributed by atoms with van der Waals surface area (Å²) in [5, 5.41) is 0.133. The van der Waals surface area contributed by atoms with Crippen molar-refractivity contribution in [3.8, 4) is 11.5 Å². The van der Waals surface area contributed by atoms with E-state index in [0.717, 1.165) is 4.47 Å². The van der Waals surface area contributed by atoms with Crippen molar-refractivity contribution >= 4 is 45.2 Å². The predicted octanol–water partition coefficient (Wildman–Crippen LogP) is 3.04. The summed E-state index contributed by atoms with van der Waals surface area (Å²) >= 11 is 9.52. The van der Waals surface area contributed by atoms with Gasteiger partial charge in [-0.05, 0) is 47.1 Å². The van der Waals surface area contributed by atoms with Gasteiger partial charge in [0.25, 0.3) is 11.8 Å². The zero-order chi connectivity index (χ0) is 19.3. The van der Waals surface area contributed by atoms with Gasteiger partial charge in [0.2, 0.25) is 0 Å². The molecule has 0 spiro atoms. The minimum Gasteiger partial charge on any atom is -0.493 e. The number of carbonyl (C=O) groups excluding carboxylic acids is 2. The fraction of sp³-hybridized carbons (Fsp3) is 0.235. The van der Waals surface area contributed by atoms with Crippen LogP contribution in [0.2, 0.25) is 5.02 Å². The highest BCUT2D eigenvalue weighted by atomic mass is 79.9.